The summed E-state index contributed by atoms with van der Waals surface area (Å²) in [5.41, 5.74) is 1.29. The average molecular weight is 270 g/mol. The highest BCUT2D eigenvalue weighted by molar-refractivity contribution is 6.06. The molecule has 2 rings (SSSR count). The van der Waals surface area contributed by atoms with E-state index in [4.69, 9.17) is 4.74 Å². The molecule has 0 aliphatic carbocycles. The van der Waals surface area contributed by atoms with Crippen LogP contribution in [0, 0.1) is 5.82 Å². The minimum Gasteiger partial charge on any atom is -0.493 e. The van der Waals surface area contributed by atoms with Crippen LogP contribution in [0.2, 0.25) is 0 Å². The van der Waals surface area contributed by atoms with Gasteiger partial charge in [0.25, 0.3) is 0 Å². The Balaban J connectivity index is 2.17. The fourth-order valence-electron chi connectivity index (χ4n) is 1.78. The Labute approximate surface area is 117 Å². The van der Waals surface area contributed by atoms with Gasteiger partial charge in [0.05, 0.1) is 6.61 Å². The number of ketones is 1. The lowest BCUT2D eigenvalue weighted by atomic mass is 10.1. The summed E-state index contributed by atoms with van der Waals surface area (Å²) in [6.07, 6.45) is 3.17. The summed E-state index contributed by atoms with van der Waals surface area (Å²) < 4.78 is 18.3. The lowest BCUT2D eigenvalue weighted by molar-refractivity contribution is 0.104. The maximum atomic E-state index is 12.8. The first kappa shape index (κ1) is 14.0. The van der Waals surface area contributed by atoms with Crippen molar-refractivity contribution in [1.29, 1.82) is 0 Å². The van der Waals surface area contributed by atoms with Gasteiger partial charge >= 0.3 is 0 Å². The van der Waals surface area contributed by atoms with Gasteiger partial charge in [-0.2, -0.15) is 0 Å². The van der Waals surface area contributed by atoms with Crippen LogP contribution >= 0.6 is 0 Å². The Kier molecular flexibility index (Phi) is 4.66. The van der Waals surface area contributed by atoms with Crippen LogP contribution in [0.15, 0.2) is 54.6 Å². The largest absolute Gasteiger partial charge is 0.493 e. The van der Waals surface area contributed by atoms with Gasteiger partial charge in [0.2, 0.25) is 0 Å². The second kappa shape index (κ2) is 6.66. The van der Waals surface area contributed by atoms with Gasteiger partial charge in [-0.15, -0.1) is 0 Å². The topological polar surface area (TPSA) is 26.3 Å². The molecule has 2 nitrogen and oxygen atoms in total. The summed E-state index contributed by atoms with van der Waals surface area (Å²) >= 11 is 0. The molecule has 0 saturated heterocycles. The lowest BCUT2D eigenvalue weighted by Gasteiger charge is -2.06. The van der Waals surface area contributed by atoms with Gasteiger partial charge < -0.3 is 4.74 Å². The van der Waals surface area contributed by atoms with Crippen molar-refractivity contribution in [2.45, 2.75) is 6.92 Å². The fraction of sp³-hybridized carbons (Fsp3) is 0.118. The molecular formula is C17H15FO2. The van der Waals surface area contributed by atoms with Gasteiger partial charge in [-0.25, -0.2) is 4.39 Å². The molecule has 0 amide bonds. The first-order valence-electron chi connectivity index (χ1n) is 6.40. The predicted octanol–water partition coefficient (Wildman–Crippen LogP) is 4.12. The molecule has 3 heteroatoms. The van der Waals surface area contributed by atoms with Gasteiger partial charge in [0.15, 0.2) is 5.78 Å². The van der Waals surface area contributed by atoms with Crippen molar-refractivity contribution in [3.05, 3.63) is 71.6 Å². The van der Waals surface area contributed by atoms with Crippen molar-refractivity contribution in [1.82, 2.24) is 0 Å². The number of allylic oxidation sites excluding steroid dienone is 1. The molecule has 0 fully saturated rings. The lowest BCUT2D eigenvalue weighted by Crippen LogP contribution is -1.95. The van der Waals surface area contributed by atoms with E-state index in [2.05, 4.69) is 0 Å². The van der Waals surface area contributed by atoms with E-state index in [9.17, 15) is 9.18 Å². The van der Waals surface area contributed by atoms with Crippen LogP contribution in [0.25, 0.3) is 6.08 Å². The molecular weight excluding hydrogens is 255 g/mol. The van der Waals surface area contributed by atoms with E-state index in [-0.39, 0.29) is 11.6 Å². The zero-order valence-corrected chi connectivity index (χ0v) is 11.2. The molecule has 0 N–H and O–H groups in total. The van der Waals surface area contributed by atoms with Crippen LogP contribution in [0.5, 0.6) is 5.75 Å². The molecule has 102 valence electrons. The van der Waals surface area contributed by atoms with E-state index in [0.717, 1.165) is 11.3 Å². The highest BCUT2D eigenvalue weighted by atomic mass is 19.1. The second-order valence-corrected chi connectivity index (χ2v) is 4.18. The predicted molar refractivity (Wildman–Crippen MR) is 77.4 cm³/mol. The summed E-state index contributed by atoms with van der Waals surface area (Å²) in [6, 6.07) is 13.0. The maximum absolute atomic E-state index is 12.8. The molecule has 2 aromatic rings. The highest BCUT2D eigenvalue weighted by Crippen LogP contribution is 2.19. The van der Waals surface area contributed by atoms with Crippen molar-refractivity contribution in [3.8, 4) is 5.75 Å². The molecule has 0 spiro atoms. The quantitative estimate of drug-likeness (QED) is 0.603. The summed E-state index contributed by atoms with van der Waals surface area (Å²) in [6.45, 7) is 2.47. The Bertz CT molecular complexity index is 615. The van der Waals surface area contributed by atoms with Crippen molar-refractivity contribution in [2.24, 2.45) is 0 Å². The zero-order valence-electron chi connectivity index (χ0n) is 11.2. The third-order valence-corrected chi connectivity index (χ3v) is 2.76. The van der Waals surface area contributed by atoms with Gasteiger partial charge in [0, 0.05) is 11.1 Å². The standard InChI is InChI=1S/C17H15FO2/c1-2-20-17-6-4-3-5-14(17)9-12-16(19)13-7-10-15(18)11-8-13/h3-12H,2H2,1H3. The molecule has 0 aliphatic heterocycles. The molecule has 0 atom stereocenters. The number of rotatable bonds is 5. The van der Waals surface area contributed by atoms with Crippen molar-refractivity contribution in [2.75, 3.05) is 6.61 Å². The third-order valence-electron chi connectivity index (χ3n) is 2.76. The maximum Gasteiger partial charge on any atom is 0.185 e. The van der Waals surface area contributed by atoms with Crippen LogP contribution in [0.4, 0.5) is 4.39 Å². The first-order valence-corrected chi connectivity index (χ1v) is 6.40. The molecule has 20 heavy (non-hydrogen) atoms. The van der Waals surface area contributed by atoms with Crippen molar-refractivity contribution in [3.63, 3.8) is 0 Å². The van der Waals surface area contributed by atoms with Gasteiger partial charge in [-0.1, -0.05) is 18.2 Å². The molecule has 0 unspecified atom stereocenters. The number of ether oxygens (including phenoxy) is 1. The smallest absolute Gasteiger partial charge is 0.185 e. The molecule has 0 aromatic heterocycles. The van der Waals surface area contributed by atoms with Crippen LogP contribution in [0.1, 0.15) is 22.8 Å². The number of para-hydroxylation sites is 1. The first-order chi connectivity index (χ1) is 9.70. The van der Waals surface area contributed by atoms with Crippen LogP contribution in [-0.2, 0) is 0 Å². The summed E-state index contributed by atoms with van der Waals surface area (Å²) in [4.78, 5) is 11.9. The van der Waals surface area contributed by atoms with E-state index in [1.807, 2.05) is 31.2 Å². The van der Waals surface area contributed by atoms with E-state index >= 15 is 0 Å². The van der Waals surface area contributed by atoms with Gasteiger partial charge in [-0.3, -0.25) is 4.79 Å². The summed E-state index contributed by atoms with van der Waals surface area (Å²) in [5, 5.41) is 0. The van der Waals surface area contributed by atoms with E-state index < -0.39 is 0 Å². The zero-order chi connectivity index (χ0) is 14.4. The van der Waals surface area contributed by atoms with E-state index in [0.29, 0.717) is 12.2 Å². The number of halogens is 1. The Morgan fingerprint density at radius 2 is 1.85 bits per heavy atom. The monoisotopic (exact) mass is 270 g/mol. The molecule has 2 aromatic carbocycles. The number of hydrogen-bond acceptors (Lipinski definition) is 2. The third kappa shape index (κ3) is 3.54. The number of carbonyl (C=O) groups is 1. The van der Waals surface area contributed by atoms with Crippen molar-refractivity contribution >= 4 is 11.9 Å². The minimum absolute atomic E-state index is 0.170. The Morgan fingerprint density at radius 3 is 2.55 bits per heavy atom. The molecule has 0 saturated carbocycles. The fourth-order valence-corrected chi connectivity index (χ4v) is 1.78. The number of carbonyl (C=O) groups excluding carboxylic acids is 1. The van der Waals surface area contributed by atoms with Crippen LogP contribution < -0.4 is 4.74 Å². The van der Waals surface area contributed by atoms with Gasteiger partial charge in [0.1, 0.15) is 11.6 Å². The number of benzene rings is 2. The van der Waals surface area contributed by atoms with Crippen LogP contribution in [0.3, 0.4) is 0 Å². The number of hydrogen-bond donors (Lipinski definition) is 0. The van der Waals surface area contributed by atoms with Gasteiger partial charge in [-0.05, 0) is 49.4 Å². The summed E-state index contributed by atoms with van der Waals surface area (Å²) in [5.74, 6) is 0.210. The Hall–Kier alpha value is -2.42. The second-order valence-electron chi connectivity index (χ2n) is 4.18. The molecule has 0 aliphatic rings. The normalized spacial score (nSPS) is 10.7. The molecule has 0 heterocycles. The van der Waals surface area contributed by atoms with Crippen LogP contribution in [-0.4, -0.2) is 12.4 Å². The van der Waals surface area contributed by atoms with E-state index in [1.165, 1.54) is 30.3 Å². The average Bonchev–Trinajstić information content (AvgIpc) is 2.47. The van der Waals surface area contributed by atoms with E-state index in [1.54, 1.807) is 6.08 Å². The van der Waals surface area contributed by atoms with Crippen molar-refractivity contribution < 1.29 is 13.9 Å². The molecule has 0 radical (unpaired) electrons. The summed E-state index contributed by atoms with van der Waals surface area (Å²) in [7, 11) is 0. The Morgan fingerprint density at radius 1 is 1.15 bits per heavy atom. The minimum atomic E-state index is -0.354. The SMILES string of the molecule is CCOc1ccccc1C=CC(=O)c1ccc(F)cc1. The highest BCUT2D eigenvalue weighted by Gasteiger charge is 2.03. The molecule has 0 bridgehead atoms.